The Bertz CT molecular complexity index is 712. The summed E-state index contributed by atoms with van der Waals surface area (Å²) in [6, 6.07) is 10.6. The van der Waals surface area contributed by atoms with Gasteiger partial charge in [0.2, 0.25) is 5.91 Å². The lowest BCUT2D eigenvalue weighted by Crippen LogP contribution is -2.20. The molecule has 0 saturated heterocycles. The molecule has 114 valence electrons. The van der Waals surface area contributed by atoms with Crippen molar-refractivity contribution in [2.24, 2.45) is 5.73 Å². The van der Waals surface area contributed by atoms with Gasteiger partial charge in [-0.2, -0.15) is 0 Å². The topological polar surface area (TPSA) is 81.4 Å². The van der Waals surface area contributed by atoms with Crippen LogP contribution in [0.2, 0.25) is 0 Å². The molecular weight excluding hydrogens is 368 g/mol. The smallest absolute Gasteiger partial charge is 0.255 e. The van der Waals surface area contributed by atoms with Crippen LogP contribution in [0.5, 0.6) is 5.75 Å². The van der Waals surface area contributed by atoms with E-state index < -0.39 is 5.91 Å². The molecule has 22 heavy (non-hydrogen) atoms. The van der Waals surface area contributed by atoms with Crippen molar-refractivity contribution >= 4 is 50.8 Å². The molecule has 2 amide bonds. The van der Waals surface area contributed by atoms with Crippen LogP contribution in [0.3, 0.4) is 0 Å². The minimum absolute atomic E-state index is 0.204. The molecule has 0 spiro atoms. The first-order valence-electron chi connectivity index (χ1n) is 6.28. The predicted octanol–water partition coefficient (Wildman–Crippen LogP) is 3.03. The number of ether oxygens (including phenoxy) is 1. The number of hydrogen-bond acceptors (Lipinski definition) is 4. The van der Waals surface area contributed by atoms with Crippen LogP contribution in [0.4, 0.5) is 5.69 Å². The standard InChI is InChI=1S/C15H13BrN2O3S/c16-13-6-4-12(22-13)5-7-15(20)18-10-2-1-3-11(8-10)21-9-14(17)19/h1-8H,9H2,(H2,17,19)(H,18,20)/b7-5+. The van der Waals surface area contributed by atoms with Crippen molar-refractivity contribution in [2.75, 3.05) is 11.9 Å². The molecule has 7 heteroatoms. The number of rotatable bonds is 6. The maximum atomic E-state index is 11.9. The van der Waals surface area contributed by atoms with Crippen LogP contribution in [0.25, 0.3) is 6.08 Å². The van der Waals surface area contributed by atoms with Crippen LogP contribution in [-0.2, 0) is 9.59 Å². The van der Waals surface area contributed by atoms with E-state index in [0.29, 0.717) is 11.4 Å². The van der Waals surface area contributed by atoms with E-state index in [2.05, 4.69) is 21.2 Å². The molecule has 1 heterocycles. The van der Waals surface area contributed by atoms with Gasteiger partial charge >= 0.3 is 0 Å². The summed E-state index contributed by atoms with van der Waals surface area (Å²) in [4.78, 5) is 23.5. The quantitative estimate of drug-likeness (QED) is 0.755. The van der Waals surface area contributed by atoms with E-state index in [9.17, 15) is 9.59 Å². The Balaban J connectivity index is 1.95. The lowest BCUT2D eigenvalue weighted by Gasteiger charge is -2.06. The van der Waals surface area contributed by atoms with Gasteiger partial charge in [-0.25, -0.2) is 0 Å². The van der Waals surface area contributed by atoms with Crippen LogP contribution in [0.15, 0.2) is 46.3 Å². The number of nitrogens with one attached hydrogen (secondary N) is 1. The second kappa shape index (κ2) is 7.77. The molecule has 5 nitrogen and oxygen atoms in total. The Labute approximate surface area is 139 Å². The number of thiophene rings is 1. The van der Waals surface area contributed by atoms with Gasteiger partial charge in [-0.15, -0.1) is 11.3 Å². The largest absolute Gasteiger partial charge is 0.484 e. The summed E-state index contributed by atoms with van der Waals surface area (Å²) >= 11 is 4.90. The molecule has 0 aliphatic rings. The molecule has 0 fully saturated rings. The van der Waals surface area contributed by atoms with Gasteiger partial charge in [0, 0.05) is 22.7 Å². The van der Waals surface area contributed by atoms with Crippen molar-refractivity contribution in [1.82, 2.24) is 0 Å². The van der Waals surface area contributed by atoms with E-state index >= 15 is 0 Å². The van der Waals surface area contributed by atoms with Crippen LogP contribution in [0.1, 0.15) is 4.88 Å². The summed E-state index contributed by atoms with van der Waals surface area (Å²) in [5.74, 6) is -0.348. The van der Waals surface area contributed by atoms with E-state index in [4.69, 9.17) is 10.5 Å². The number of amides is 2. The fourth-order valence-electron chi connectivity index (χ4n) is 1.58. The Morgan fingerprint density at radius 1 is 1.32 bits per heavy atom. The highest BCUT2D eigenvalue weighted by molar-refractivity contribution is 9.11. The second-order valence-corrected chi connectivity index (χ2v) is 6.74. The van der Waals surface area contributed by atoms with Crippen molar-refractivity contribution in [2.45, 2.75) is 0 Å². The highest BCUT2D eigenvalue weighted by Gasteiger charge is 2.02. The average Bonchev–Trinajstić information content (AvgIpc) is 2.89. The van der Waals surface area contributed by atoms with Gasteiger partial charge in [-0.05, 0) is 46.3 Å². The molecule has 0 saturated carbocycles. The molecule has 0 radical (unpaired) electrons. The van der Waals surface area contributed by atoms with Gasteiger partial charge in [0.1, 0.15) is 5.75 Å². The van der Waals surface area contributed by atoms with E-state index in [1.807, 2.05) is 12.1 Å². The van der Waals surface area contributed by atoms with Crippen molar-refractivity contribution < 1.29 is 14.3 Å². The first kappa shape index (κ1) is 16.3. The summed E-state index contributed by atoms with van der Waals surface area (Å²) in [7, 11) is 0. The Hall–Kier alpha value is -2.12. The third-order valence-electron chi connectivity index (χ3n) is 2.48. The predicted molar refractivity (Wildman–Crippen MR) is 90.8 cm³/mol. The van der Waals surface area contributed by atoms with Crippen molar-refractivity contribution in [3.8, 4) is 5.75 Å². The SMILES string of the molecule is NC(=O)COc1cccc(NC(=O)/C=C/c2ccc(Br)s2)c1. The maximum Gasteiger partial charge on any atom is 0.255 e. The van der Waals surface area contributed by atoms with Crippen molar-refractivity contribution in [3.63, 3.8) is 0 Å². The first-order valence-corrected chi connectivity index (χ1v) is 7.89. The Morgan fingerprint density at radius 2 is 2.14 bits per heavy atom. The summed E-state index contributed by atoms with van der Waals surface area (Å²) in [5, 5.41) is 2.72. The van der Waals surface area contributed by atoms with Gasteiger partial charge < -0.3 is 15.8 Å². The second-order valence-electron chi connectivity index (χ2n) is 4.25. The zero-order chi connectivity index (χ0) is 15.9. The minimum Gasteiger partial charge on any atom is -0.484 e. The molecule has 0 bridgehead atoms. The number of hydrogen-bond donors (Lipinski definition) is 2. The van der Waals surface area contributed by atoms with Gasteiger partial charge in [-0.3, -0.25) is 9.59 Å². The highest BCUT2D eigenvalue weighted by Crippen LogP contribution is 2.23. The number of carbonyl (C=O) groups excluding carboxylic acids is 2. The minimum atomic E-state index is -0.556. The highest BCUT2D eigenvalue weighted by atomic mass is 79.9. The normalized spacial score (nSPS) is 10.6. The maximum absolute atomic E-state index is 11.9. The van der Waals surface area contributed by atoms with Gasteiger partial charge in [-0.1, -0.05) is 6.07 Å². The van der Waals surface area contributed by atoms with Gasteiger partial charge in [0.05, 0.1) is 3.79 Å². The van der Waals surface area contributed by atoms with E-state index in [1.165, 1.54) is 17.4 Å². The van der Waals surface area contributed by atoms with Gasteiger partial charge in [0.15, 0.2) is 6.61 Å². The number of nitrogens with two attached hydrogens (primary N) is 1. The van der Waals surface area contributed by atoms with Crippen molar-refractivity contribution in [1.29, 1.82) is 0 Å². The van der Waals surface area contributed by atoms with Crippen LogP contribution < -0.4 is 15.8 Å². The molecule has 3 N–H and O–H groups in total. The number of benzene rings is 1. The number of anilines is 1. The summed E-state index contributed by atoms with van der Waals surface area (Å²) in [6.07, 6.45) is 3.19. The monoisotopic (exact) mass is 380 g/mol. The molecule has 0 unspecified atom stereocenters. The first-order chi connectivity index (χ1) is 10.5. The van der Waals surface area contributed by atoms with E-state index in [0.717, 1.165) is 8.66 Å². The molecule has 0 aliphatic carbocycles. The summed E-state index contributed by atoms with van der Waals surface area (Å²) in [5.41, 5.74) is 5.58. The lowest BCUT2D eigenvalue weighted by atomic mass is 10.3. The number of carbonyl (C=O) groups is 2. The molecular formula is C15H13BrN2O3S. The molecule has 0 aliphatic heterocycles. The van der Waals surface area contributed by atoms with Crippen molar-refractivity contribution in [3.05, 3.63) is 51.1 Å². The van der Waals surface area contributed by atoms with Crippen LogP contribution >= 0.6 is 27.3 Å². The zero-order valence-electron chi connectivity index (χ0n) is 11.4. The third kappa shape index (κ3) is 5.34. The molecule has 1 aromatic carbocycles. The zero-order valence-corrected chi connectivity index (χ0v) is 13.8. The third-order valence-corrected chi connectivity index (χ3v) is 4.06. The van der Waals surface area contributed by atoms with Crippen LogP contribution in [0, 0.1) is 0 Å². The van der Waals surface area contributed by atoms with E-state index in [-0.39, 0.29) is 12.5 Å². The average molecular weight is 381 g/mol. The molecule has 0 atom stereocenters. The molecule has 2 aromatic rings. The van der Waals surface area contributed by atoms with E-state index in [1.54, 1.807) is 30.3 Å². The number of primary amides is 1. The van der Waals surface area contributed by atoms with Crippen LogP contribution in [-0.4, -0.2) is 18.4 Å². The fraction of sp³-hybridized carbons (Fsp3) is 0.0667. The lowest BCUT2D eigenvalue weighted by molar-refractivity contribution is -0.120. The summed E-state index contributed by atoms with van der Waals surface area (Å²) < 4.78 is 6.18. The Morgan fingerprint density at radius 3 is 2.82 bits per heavy atom. The molecule has 2 rings (SSSR count). The fourth-order valence-corrected chi connectivity index (χ4v) is 2.90. The number of halogens is 1. The van der Waals surface area contributed by atoms with Gasteiger partial charge in [0.25, 0.3) is 5.91 Å². The summed E-state index contributed by atoms with van der Waals surface area (Å²) in [6.45, 7) is -0.204. The molecule has 1 aromatic heterocycles. The Kier molecular flexibility index (Phi) is 5.74.